The fraction of sp³-hybridized carbons (Fsp3) is 0.200. The van der Waals surface area contributed by atoms with Gasteiger partial charge in [-0.05, 0) is 38.1 Å². The molecule has 2 aromatic carbocycles. The molecule has 0 spiro atoms. The fourth-order valence-corrected chi connectivity index (χ4v) is 4.61. The predicted octanol–water partition coefficient (Wildman–Crippen LogP) is 4.43. The third-order valence-corrected chi connectivity index (χ3v) is 6.10. The lowest BCUT2D eigenvalue weighted by atomic mass is 10.1. The van der Waals surface area contributed by atoms with Crippen LogP contribution in [0.5, 0.6) is 0 Å². The third kappa shape index (κ3) is 3.33. The topological polar surface area (TPSA) is 80.5 Å². The maximum atomic E-state index is 13.0. The average molecular weight is 389 g/mol. The number of hydrogen-bond acceptors (Lipinski definition) is 4. The largest absolute Gasteiger partial charge is 0.274 e. The second-order valence-electron chi connectivity index (χ2n) is 4.92. The van der Waals surface area contributed by atoms with Crippen LogP contribution in [-0.2, 0) is 10.0 Å². The third-order valence-electron chi connectivity index (χ3n) is 3.49. The first kappa shape index (κ1) is 18.5. The van der Waals surface area contributed by atoms with Gasteiger partial charge in [-0.2, -0.15) is 0 Å². The molecule has 24 heavy (non-hydrogen) atoms. The van der Waals surface area contributed by atoms with Crippen LogP contribution in [0, 0.1) is 17.0 Å². The lowest BCUT2D eigenvalue weighted by Crippen LogP contribution is -2.31. The van der Waals surface area contributed by atoms with E-state index in [9.17, 15) is 18.5 Å². The monoisotopic (exact) mass is 388 g/mol. The van der Waals surface area contributed by atoms with Gasteiger partial charge in [-0.1, -0.05) is 29.3 Å². The molecule has 0 heterocycles. The summed E-state index contributed by atoms with van der Waals surface area (Å²) in [5, 5.41) is 11.4. The maximum absolute atomic E-state index is 13.0. The number of halogens is 2. The SMILES string of the molecule is CCN(c1cccc([N+](=O)[O-])c1C)S(=O)(=O)c1cc(Cl)ccc1Cl. The number of nitro groups is 1. The van der Waals surface area contributed by atoms with E-state index in [0.29, 0.717) is 0 Å². The van der Waals surface area contributed by atoms with Crippen molar-refractivity contribution in [3.8, 4) is 0 Å². The van der Waals surface area contributed by atoms with E-state index in [1.54, 1.807) is 6.92 Å². The van der Waals surface area contributed by atoms with Crippen LogP contribution in [0.4, 0.5) is 11.4 Å². The van der Waals surface area contributed by atoms with E-state index in [-0.39, 0.29) is 38.4 Å². The lowest BCUT2D eigenvalue weighted by molar-refractivity contribution is -0.385. The Hall–Kier alpha value is -1.83. The fourth-order valence-electron chi connectivity index (χ4n) is 2.34. The number of benzene rings is 2. The van der Waals surface area contributed by atoms with Gasteiger partial charge in [0.15, 0.2) is 0 Å². The van der Waals surface area contributed by atoms with Crippen LogP contribution in [0.3, 0.4) is 0 Å². The molecule has 128 valence electrons. The summed E-state index contributed by atoms with van der Waals surface area (Å²) in [6, 6.07) is 8.42. The van der Waals surface area contributed by atoms with E-state index in [1.807, 2.05) is 0 Å². The minimum atomic E-state index is -4.03. The first-order chi connectivity index (χ1) is 11.2. The van der Waals surface area contributed by atoms with Crippen LogP contribution >= 0.6 is 23.2 Å². The summed E-state index contributed by atoms with van der Waals surface area (Å²) in [6.45, 7) is 3.21. The van der Waals surface area contributed by atoms with Crippen molar-refractivity contribution in [1.29, 1.82) is 0 Å². The highest BCUT2D eigenvalue weighted by molar-refractivity contribution is 7.93. The number of sulfonamides is 1. The highest BCUT2D eigenvalue weighted by atomic mass is 35.5. The normalized spacial score (nSPS) is 11.3. The van der Waals surface area contributed by atoms with Gasteiger partial charge in [-0.25, -0.2) is 8.42 Å². The summed E-state index contributed by atoms with van der Waals surface area (Å²) in [7, 11) is -4.03. The second kappa shape index (κ2) is 6.96. The molecule has 0 atom stereocenters. The summed E-state index contributed by atoms with van der Waals surface area (Å²) >= 11 is 11.9. The zero-order valence-electron chi connectivity index (χ0n) is 12.9. The molecule has 0 aliphatic carbocycles. The summed E-state index contributed by atoms with van der Waals surface area (Å²) in [5.41, 5.74) is 0.326. The van der Waals surface area contributed by atoms with Gasteiger partial charge in [-0.3, -0.25) is 14.4 Å². The molecule has 0 aromatic heterocycles. The van der Waals surface area contributed by atoms with Crippen LogP contribution in [0.15, 0.2) is 41.3 Å². The second-order valence-corrected chi connectivity index (χ2v) is 7.60. The maximum Gasteiger partial charge on any atom is 0.274 e. The van der Waals surface area contributed by atoms with Gasteiger partial charge in [0.1, 0.15) is 4.90 Å². The summed E-state index contributed by atoms with van der Waals surface area (Å²) in [5.74, 6) is 0. The summed E-state index contributed by atoms with van der Waals surface area (Å²) in [6.07, 6.45) is 0. The van der Waals surface area contributed by atoms with Gasteiger partial charge < -0.3 is 0 Å². The first-order valence-corrected chi connectivity index (χ1v) is 9.11. The molecule has 0 amide bonds. The molecule has 0 aliphatic rings. The molecule has 9 heteroatoms. The highest BCUT2D eigenvalue weighted by Crippen LogP contribution is 2.34. The van der Waals surface area contributed by atoms with Crippen molar-refractivity contribution in [2.45, 2.75) is 18.7 Å². The van der Waals surface area contributed by atoms with Gasteiger partial charge in [0.05, 0.1) is 21.2 Å². The van der Waals surface area contributed by atoms with Gasteiger partial charge in [0, 0.05) is 17.6 Å². The number of anilines is 1. The Labute approximate surface area is 149 Å². The summed E-state index contributed by atoms with van der Waals surface area (Å²) < 4.78 is 27.0. The molecule has 0 bridgehead atoms. The molecular weight excluding hydrogens is 375 g/mol. The number of hydrogen-bond donors (Lipinski definition) is 0. The Balaban J connectivity index is 2.66. The smallest absolute Gasteiger partial charge is 0.266 e. The molecular formula is C15H14Cl2N2O4S. The van der Waals surface area contributed by atoms with E-state index in [1.165, 1.54) is 43.3 Å². The molecule has 0 fully saturated rings. The number of nitro benzene ring substituents is 1. The quantitative estimate of drug-likeness (QED) is 0.560. The molecule has 0 N–H and O–H groups in total. The van der Waals surface area contributed by atoms with E-state index >= 15 is 0 Å². The molecule has 0 saturated heterocycles. The van der Waals surface area contributed by atoms with Crippen molar-refractivity contribution in [2.24, 2.45) is 0 Å². The highest BCUT2D eigenvalue weighted by Gasteiger charge is 2.29. The van der Waals surface area contributed by atoms with Crippen molar-refractivity contribution < 1.29 is 13.3 Å². The van der Waals surface area contributed by atoms with E-state index in [0.717, 1.165) is 4.31 Å². The zero-order chi connectivity index (χ0) is 18.1. The first-order valence-electron chi connectivity index (χ1n) is 6.92. The molecule has 0 aliphatic heterocycles. The van der Waals surface area contributed by atoms with Crippen molar-refractivity contribution >= 4 is 44.6 Å². The van der Waals surface area contributed by atoms with Crippen LogP contribution < -0.4 is 4.31 Å². The van der Waals surface area contributed by atoms with Crippen LogP contribution in [-0.4, -0.2) is 19.9 Å². The van der Waals surface area contributed by atoms with Crippen molar-refractivity contribution in [3.05, 3.63) is 62.1 Å². The molecule has 0 radical (unpaired) electrons. The average Bonchev–Trinajstić information content (AvgIpc) is 2.51. The van der Waals surface area contributed by atoms with E-state index < -0.39 is 14.9 Å². The van der Waals surface area contributed by atoms with Gasteiger partial charge in [0.2, 0.25) is 0 Å². The van der Waals surface area contributed by atoms with Gasteiger partial charge in [0.25, 0.3) is 15.7 Å². The molecule has 2 aromatic rings. The zero-order valence-corrected chi connectivity index (χ0v) is 15.2. The van der Waals surface area contributed by atoms with E-state index in [2.05, 4.69) is 0 Å². The Morgan fingerprint density at radius 1 is 1.21 bits per heavy atom. The number of nitrogens with zero attached hydrogens (tertiary/aromatic N) is 2. The van der Waals surface area contributed by atoms with E-state index in [4.69, 9.17) is 23.2 Å². The summed E-state index contributed by atoms with van der Waals surface area (Å²) in [4.78, 5) is 10.4. The Kier molecular flexibility index (Phi) is 5.37. The lowest BCUT2D eigenvalue weighted by Gasteiger charge is -2.25. The van der Waals surface area contributed by atoms with Crippen LogP contribution in [0.1, 0.15) is 12.5 Å². The molecule has 0 unspecified atom stereocenters. The minimum Gasteiger partial charge on any atom is -0.266 e. The van der Waals surface area contributed by atoms with Crippen molar-refractivity contribution in [3.63, 3.8) is 0 Å². The molecule has 2 rings (SSSR count). The predicted molar refractivity (Wildman–Crippen MR) is 94.5 cm³/mol. The minimum absolute atomic E-state index is 0.0286. The Morgan fingerprint density at radius 2 is 1.88 bits per heavy atom. The Bertz CT molecular complexity index is 900. The molecule has 0 saturated carbocycles. The molecule has 6 nitrogen and oxygen atoms in total. The van der Waals surface area contributed by atoms with Gasteiger partial charge >= 0.3 is 0 Å². The van der Waals surface area contributed by atoms with Crippen LogP contribution in [0.25, 0.3) is 0 Å². The number of rotatable bonds is 5. The van der Waals surface area contributed by atoms with Crippen molar-refractivity contribution in [2.75, 3.05) is 10.8 Å². The van der Waals surface area contributed by atoms with Crippen LogP contribution in [0.2, 0.25) is 10.0 Å². The standard InChI is InChI=1S/C15H14Cl2N2O4S/c1-3-18(13-5-4-6-14(10(13)2)19(20)21)24(22,23)15-9-11(16)7-8-12(15)17/h4-9H,3H2,1-2H3. The van der Waals surface area contributed by atoms with Gasteiger partial charge in [-0.15, -0.1) is 0 Å². The van der Waals surface area contributed by atoms with Crippen molar-refractivity contribution in [1.82, 2.24) is 0 Å². The Morgan fingerprint density at radius 3 is 2.46 bits per heavy atom.